The monoisotopic (exact) mass is 661 g/mol. The Hall–Kier alpha value is -1.58. The molecule has 0 saturated heterocycles. The Morgan fingerprint density at radius 2 is 1.23 bits per heavy atom. The van der Waals surface area contributed by atoms with Gasteiger partial charge in [0.1, 0.15) is 0 Å². The smallest absolute Gasteiger partial charge is 0.0517 e. The van der Waals surface area contributed by atoms with E-state index in [0.29, 0.717) is 10.8 Å². The molecule has 0 bridgehead atoms. The molecule has 0 N–H and O–H groups in total. The van der Waals surface area contributed by atoms with E-state index in [2.05, 4.69) is 133 Å². The number of hydrogen-bond acceptors (Lipinski definition) is 1. The molecule has 212 valence electrons. The number of para-hydroxylation sites is 1. The number of nitrogens with zero attached hydrogens (tertiary/aromatic N) is 1. The Kier molecular flexibility index (Phi) is 7.14. The van der Waals surface area contributed by atoms with Crippen LogP contribution in [-0.2, 0) is 17.3 Å². The molecule has 0 spiro atoms. The maximum absolute atomic E-state index is 3.76. The molecule has 0 amide bonds. The van der Waals surface area contributed by atoms with E-state index in [1.807, 2.05) is 0 Å². The molecule has 3 heteroatoms. The molecule has 4 aliphatic rings. The van der Waals surface area contributed by atoms with E-state index in [0.717, 1.165) is 0 Å². The molecule has 4 unspecified atom stereocenters. The number of fused-ring (bicyclic) bond motifs is 6. The van der Waals surface area contributed by atoms with E-state index < -0.39 is 0 Å². The summed E-state index contributed by atoms with van der Waals surface area (Å²) in [5, 5.41) is 0. The minimum atomic E-state index is 0.155. The molecular formula is C37H45Br2N. The van der Waals surface area contributed by atoms with Crippen molar-refractivity contribution in [2.45, 2.75) is 116 Å². The first-order valence-corrected chi connectivity index (χ1v) is 17.0. The molecular weight excluding hydrogens is 618 g/mol. The molecule has 3 aromatic carbocycles. The number of rotatable bonds is 1. The molecule has 3 aliphatic carbocycles. The first-order chi connectivity index (χ1) is 18.9. The lowest BCUT2D eigenvalue weighted by Crippen LogP contribution is -2.54. The highest BCUT2D eigenvalue weighted by Gasteiger charge is 2.57. The second kappa shape index (κ2) is 10.0. The third-order valence-electron chi connectivity index (χ3n) is 11.9. The van der Waals surface area contributed by atoms with E-state index in [9.17, 15) is 0 Å². The summed E-state index contributed by atoms with van der Waals surface area (Å²) in [6.45, 7) is 14.4. The minimum absolute atomic E-state index is 0.155. The van der Waals surface area contributed by atoms with Crippen LogP contribution in [0.4, 0.5) is 11.4 Å². The fraction of sp³-hybridized carbons (Fsp3) is 0.514. The maximum atomic E-state index is 3.76. The second-order valence-electron chi connectivity index (χ2n) is 14.1. The van der Waals surface area contributed by atoms with E-state index in [4.69, 9.17) is 0 Å². The molecule has 2 saturated carbocycles. The third kappa shape index (κ3) is 4.11. The summed E-state index contributed by atoms with van der Waals surface area (Å²) in [5.41, 5.74) is 11.5. The number of anilines is 2. The van der Waals surface area contributed by atoms with Gasteiger partial charge in [0.25, 0.3) is 0 Å². The molecule has 1 nitrogen and oxygen atoms in total. The Balaban J connectivity index is 0.000000151. The van der Waals surface area contributed by atoms with Gasteiger partial charge < -0.3 is 4.90 Å². The number of aryl methyl sites for hydroxylation is 2. The molecule has 1 heterocycles. The standard InChI is InChI=1S/C21H24BrN.C16H21Br/c1-15-13-19-17(14-18(15)22)20(2)11-7-8-12-21(20,3)23(19)16-9-5-4-6-10-16;1-11-8-12-10-15(2)6-4-5-7-16(15,3)13(12)9-14(11)17/h4-6,9-10,13-14H,7-8,11-12H2,1-3H3;8-9H,4-7,10H2,1-3H3. The summed E-state index contributed by atoms with van der Waals surface area (Å²) in [7, 11) is 0. The summed E-state index contributed by atoms with van der Waals surface area (Å²) >= 11 is 7.47. The number of hydrogen-bond donors (Lipinski definition) is 0. The van der Waals surface area contributed by atoms with Crippen molar-refractivity contribution in [3.63, 3.8) is 0 Å². The fourth-order valence-electron chi connectivity index (χ4n) is 8.97. The quantitative estimate of drug-likeness (QED) is 0.251. The Labute approximate surface area is 259 Å². The van der Waals surface area contributed by atoms with E-state index in [1.54, 1.807) is 11.1 Å². The predicted octanol–water partition coefficient (Wildman–Crippen LogP) is 11.7. The fourth-order valence-corrected chi connectivity index (χ4v) is 9.66. The van der Waals surface area contributed by atoms with Gasteiger partial charge in [-0.25, -0.2) is 0 Å². The highest BCUT2D eigenvalue weighted by molar-refractivity contribution is 9.10. The molecule has 7 rings (SSSR count). The highest BCUT2D eigenvalue weighted by atomic mass is 79.9. The van der Waals surface area contributed by atoms with Gasteiger partial charge >= 0.3 is 0 Å². The van der Waals surface area contributed by atoms with Crippen molar-refractivity contribution in [2.24, 2.45) is 5.41 Å². The van der Waals surface area contributed by atoms with Gasteiger partial charge in [-0.15, -0.1) is 0 Å². The van der Waals surface area contributed by atoms with Gasteiger partial charge in [0.2, 0.25) is 0 Å². The van der Waals surface area contributed by atoms with Crippen molar-refractivity contribution in [3.05, 3.63) is 91.4 Å². The van der Waals surface area contributed by atoms with Gasteiger partial charge in [-0.3, -0.25) is 0 Å². The predicted molar refractivity (Wildman–Crippen MR) is 178 cm³/mol. The van der Waals surface area contributed by atoms with Crippen molar-refractivity contribution in [2.75, 3.05) is 4.90 Å². The van der Waals surface area contributed by atoms with Gasteiger partial charge in [-0.1, -0.05) is 103 Å². The van der Waals surface area contributed by atoms with Crippen LogP contribution in [-0.4, -0.2) is 5.54 Å². The van der Waals surface area contributed by atoms with Crippen LogP contribution < -0.4 is 4.90 Å². The van der Waals surface area contributed by atoms with Gasteiger partial charge in [0, 0.05) is 25.7 Å². The summed E-state index contributed by atoms with van der Waals surface area (Å²) in [6, 6.07) is 20.5. The van der Waals surface area contributed by atoms with E-state index in [1.165, 1.54) is 94.8 Å². The third-order valence-corrected chi connectivity index (χ3v) is 13.7. The first kappa shape index (κ1) is 28.5. The molecule has 0 aromatic heterocycles. The normalized spacial score (nSPS) is 31.9. The lowest BCUT2D eigenvalue weighted by molar-refractivity contribution is 0.109. The zero-order valence-corrected chi connectivity index (χ0v) is 28.4. The van der Waals surface area contributed by atoms with Crippen LogP contribution >= 0.6 is 31.9 Å². The summed E-state index contributed by atoms with van der Waals surface area (Å²) in [4.78, 5) is 2.63. The van der Waals surface area contributed by atoms with E-state index >= 15 is 0 Å². The van der Waals surface area contributed by atoms with Crippen LogP contribution in [0.15, 0.2) is 63.5 Å². The van der Waals surface area contributed by atoms with Crippen LogP contribution in [0, 0.1) is 19.3 Å². The zero-order chi connectivity index (χ0) is 28.5. The van der Waals surface area contributed by atoms with Gasteiger partial charge in [0.05, 0.1) is 5.54 Å². The van der Waals surface area contributed by atoms with Crippen molar-refractivity contribution in [3.8, 4) is 0 Å². The summed E-state index contributed by atoms with van der Waals surface area (Å²) < 4.78 is 2.52. The van der Waals surface area contributed by atoms with Gasteiger partial charge in [-0.05, 0) is 122 Å². The van der Waals surface area contributed by atoms with Gasteiger partial charge in [0.15, 0.2) is 0 Å². The van der Waals surface area contributed by atoms with Crippen LogP contribution in [0.3, 0.4) is 0 Å². The second-order valence-corrected chi connectivity index (χ2v) is 15.8. The lowest BCUT2D eigenvalue weighted by Gasteiger charge is -2.50. The number of halogens is 2. The largest absolute Gasteiger partial charge is 0.334 e. The molecule has 0 radical (unpaired) electrons. The zero-order valence-electron chi connectivity index (χ0n) is 25.3. The van der Waals surface area contributed by atoms with E-state index in [-0.39, 0.29) is 11.0 Å². The minimum Gasteiger partial charge on any atom is -0.334 e. The SMILES string of the molecule is Cc1cc2c(cc1Br)C1(C)CCCCC1(C)C2.Cc1cc2c(cc1Br)C1(C)CCCCC1(C)N2c1ccccc1. The van der Waals surface area contributed by atoms with Gasteiger partial charge in [-0.2, -0.15) is 0 Å². The summed E-state index contributed by atoms with van der Waals surface area (Å²) in [5.74, 6) is 0. The van der Waals surface area contributed by atoms with Crippen LogP contribution in [0.1, 0.15) is 107 Å². The van der Waals surface area contributed by atoms with Crippen LogP contribution in [0.2, 0.25) is 0 Å². The lowest BCUT2D eigenvalue weighted by atomic mass is 9.58. The molecule has 40 heavy (non-hydrogen) atoms. The Morgan fingerprint density at radius 1 is 0.650 bits per heavy atom. The molecule has 1 aliphatic heterocycles. The average molecular weight is 664 g/mol. The topological polar surface area (TPSA) is 3.24 Å². The maximum Gasteiger partial charge on any atom is 0.0517 e. The molecule has 3 aromatic rings. The Bertz CT molecular complexity index is 1450. The van der Waals surface area contributed by atoms with Crippen molar-refractivity contribution in [1.82, 2.24) is 0 Å². The number of benzene rings is 3. The van der Waals surface area contributed by atoms with Crippen LogP contribution in [0.5, 0.6) is 0 Å². The molecule has 2 fully saturated rings. The average Bonchev–Trinajstić information content (AvgIpc) is 3.26. The van der Waals surface area contributed by atoms with Crippen molar-refractivity contribution < 1.29 is 0 Å². The Morgan fingerprint density at radius 3 is 1.93 bits per heavy atom. The summed E-state index contributed by atoms with van der Waals surface area (Å²) in [6.07, 6.45) is 12.0. The first-order valence-electron chi connectivity index (χ1n) is 15.4. The van der Waals surface area contributed by atoms with Crippen molar-refractivity contribution >= 4 is 43.2 Å². The highest BCUT2D eigenvalue weighted by Crippen LogP contribution is 2.62. The van der Waals surface area contributed by atoms with Crippen molar-refractivity contribution in [1.29, 1.82) is 0 Å². The van der Waals surface area contributed by atoms with Crippen LogP contribution in [0.25, 0.3) is 0 Å². The molecule has 4 atom stereocenters.